The van der Waals surface area contributed by atoms with E-state index in [4.69, 9.17) is 9.72 Å². The summed E-state index contributed by atoms with van der Waals surface area (Å²) in [6.45, 7) is 8.38. The first-order valence-corrected chi connectivity index (χ1v) is 13.8. The number of hydrogen-bond donors (Lipinski definition) is 1. The number of hydrogen-bond acceptors (Lipinski definition) is 7. The summed E-state index contributed by atoms with van der Waals surface area (Å²) in [4.78, 5) is 16.0. The van der Waals surface area contributed by atoms with E-state index in [1.54, 1.807) is 19.4 Å². The van der Waals surface area contributed by atoms with Gasteiger partial charge in [-0.05, 0) is 55.4 Å². The Morgan fingerprint density at radius 1 is 1.11 bits per heavy atom. The molecule has 1 aliphatic carbocycles. The molecule has 35 heavy (non-hydrogen) atoms. The van der Waals surface area contributed by atoms with Crippen LogP contribution in [0, 0.1) is 12.3 Å². The molecule has 3 aromatic rings. The molecule has 1 N–H and O–H groups in total. The molecule has 2 aliphatic rings. The number of rotatable bonds is 4. The number of aryl methyl sites for hydroxylation is 2. The molecule has 0 bridgehead atoms. The van der Waals surface area contributed by atoms with E-state index in [1.807, 2.05) is 18.2 Å². The van der Waals surface area contributed by atoms with Gasteiger partial charge in [-0.1, -0.05) is 19.9 Å². The fraction of sp³-hybridized carbons (Fsp3) is 0.423. The minimum atomic E-state index is -3.40. The molecule has 184 valence electrons. The molecule has 0 atom stereocenters. The third kappa shape index (κ3) is 5.10. The van der Waals surface area contributed by atoms with Gasteiger partial charge in [0.15, 0.2) is 0 Å². The number of sulfonamides is 1. The predicted molar refractivity (Wildman–Crippen MR) is 137 cm³/mol. The number of anilines is 2. The van der Waals surface area contributed by atoms with Crippen molar-refractivity contribution >= 4 is 21.5 Å². The molecule has 8 nitrogen and oxygen atoms in total. The van der Waals surface area contributed by atoms with Crippen molar-refractivity contribution in [2.75, 3.05) is 29.0 Å². The molecule has 5 rings (SSSR count). The topological polar surface area (TPSA) is 97.3 Å². The van der Waals surface area contributed by atoms with Crippen LogP contribution in [-0.2, 0) is 29.4 Å². The van der Waals surface area contributed by atoms with Crippen molar-refractivity contribution in [2.45, 2.75) is 46.6 Å². The molecular formula is C26H31N5O3S. The fourth-order valence-corrected chi connectivity index (χ4v) is 5.49. The lowest BCUT2D eigenvalue weighted by Crippen LogP contribution is -2.31. The number of fused-ring (bicyclic) bond motifs is 2. The summed E-state index contributed by atoms with van der Waals surface area (Å²) in [7, 11) is -3.40. The summed E-state index contributed by atoms with van der Waals surface area (Å²) in [6.07, 6.45) is 7.67. The Hall–Kier alpha value is -3.20. The normalized spacial score (nSPS) is 17.1. The van der Waals surface area contributed by atoms with Crippen LogP contribution in [0.2, 0.25) is 0 Å². The minimum absolute atomic E-state index is 0.232. The number of benzene rings is 1. The molecule has 0 unspecified atom stereocenters. The van der Waals surface area contributed by atoms with Gasteiger partial charge in [0.1, 0.15) is 24.5 Å². The van der Waals surface area contributed by atoms with Gasteiger partial charge in [-0.3, -0.25) is 9.71 Å². The third-order valence-electron chi connectivity index (χ3n) is 6.76. The van der Waals surface area contributed by atoms with Crippen LogP contribution >= 0.6 is 0 Å². The summed E-state index contributed by atoms with van der Waals surface area (Å²) < 4.78 is 32.2. The summed E-state index contributed by atoms with van der Waals surface area (Å²) in [5.41, 5.74) is 6.59. The van der Waals surface area contributed by atoms with Crippen LogP contribution in [0.5, 0.6) is 5.75 Å². The smallest absolute Gasteiger partial charge is 0.229 e. The van der Waals surface area contributed by atoms with Crippen LogP contribution < -0.4 is 14.4 Å². The summed E-state index contributed by atoms with van der Waals surface area (Å²) in [6, 6.07) is 7.89. The first-order valence-electron chi connectivity index (χ1n) is 11.9. The van der Waals surface area contributed by atoms with Gasteiger partial charge < -0.3 is 9.64 Å². The highest BCUT2D eigenvalue weighted by Crippen LogP contribution is 2.39. The second kappa shape index (κ2) is 8.78. The van der Waals surface area contributed by atoms with Gasteiger partial charge in [0.05, 0.1) is 24.2 Å². The lowest BCUT2D eigenvalue weighted by molar-refractivity contribution is 0.310. The van der Waals surface area contributed by atoms with Gasteiger partial charge in [0, 0.05) is 35.1 Å². The van der Waals surface area contributed by atoms with Gasteiger partial charge in [-0.15, -0.1) is 0 Å². The second-order valence-electron chi connectivity index (χ2n) is 10.3. The first kappa shape index (κ1) is 23.5. The van der Waals surface area contributed by atoms with Crippen LogP contribution in [0.3, 0.4) is 0 Å². The first-order chi connectivity index (χ1) is 16.6. The highest BCUT2D eigenvalue weighted by molar-refractivity contribution is 7.92. The zero-order chi connectivity index (χ0) is 24.8. The molecule has 0 amide bonds. The monoisotopic (exact) mass is 493 g/mol. The zero-order valence-electron chi connectivity index (χ0n) is 20.6. The number of ether oxygens (including phenoxy) is 1. The van der Waals surface area contributed by atoms with Crippen LogP contribution in [-0.4, -0.2) is 42.8 Å². The quantitative estimate of drug-likeness (QED) is 0.584. The molecule has 0 saturated heterocycles. The average Bonchev–Trinajstić information content (AvgIpc) is 3.00. The van der Waals surface area contributed by atoms with E-state index < -0.39 is 10.0 Å². The SMILES string of the molecule is Cc1ncc(-c2ccc3c(c2)CN(c2ncnc4c2CC(C)(C)CC4)CCO3)cc1NS(C)(=O)=O. The Morgan fingerprint density at radius 2 is 1.94 bits per heavy atom. The van der Waals surface area contributed by atoms with Crippen LogP contribution in [0.25, 0.3) is 11.1 Å². The molecule has 9 heteroatoms. The van der Waals surface area contributed by atoms with Crippen molar-refractivity contribution in [2.24, 2.45) is 5.41 Å². The third-order valence-corrected chi connectivity index (χ3v) is 7.35. The van der Waals surface area contributed by atoms with Crippen molar-refractivity contribution < 1.29 is 13.2 Å². The Bertz CT molecular complexity index is 1390. The Balaban J connectivity index is 1.49. The maximum absolute atomic E-state index is 11.8. The van der Waals surface area contributed by atoms with E-state index in [-0.39, 0.29) is 5.41 Å². The molecule has 0 radical (unpaired) electrons. The van der Waals surface area contributed by atoms with E-state index in [9.17, 15) is 8.42 Å². The van der Waals surface area contributed by atoms with E-state index in [0.29, 0.717) is 24.5 Å². The standard InChI is InChI=1S/C26H31N5O3S/c1-17-23(30-35(4,32)33)12-19(14-27-17)18-5-6-24-20(11-18)15-31(9-10-34-24)25-21-13-26(2,3)8-7-22(21)28-16-29-25/h5-6,11-12,14,16,30H,7-10,13,15H2,1-4H3. The minimum Gasteiger partial charge on any atom is -0.491 e. The Morgan fingerprint density at radius 3 is 2.74 bits per heavy atom. The van der Waals surface area contributed by atoms with Crippen molar-refractivity contribution in [3.63, 3.8) is 0 Å². The van der Waals surface area contributed by atoms with Crippen molar-refractivity contribution in [3.8, 4) is 16.9 Å². The molecule has 0 spiro atoms. The molecule has 2 aromatic heterocycles. The molecule has 1 aliphatic heterocycles. The Labute approximate surface area is 206 Å². The molecule has 3 heterocycles. The zero-order valence-corrected chi connectivity index (χ0v) is 21.4. The number of aromatic nitrogens is 3. The summed E-state index contributed by atoms with van der Waals surface area (Å²) in [5, 5.41) is 0. The van der Waals surface area contributed by atoms with Crippen molar-refractivity contribution in [1.29, 1.82) is 0 Å². The maximum atomic E-state index is 11.8. The maximum Gasteiger partial charge on any atom is 0.229 e. The lowest BCUT2D eigenvalue weighted by atomic mass is 9.76. The Kier molecular flexibility index (Phi) is 5.91. The predicted octanol–water partition coefficient (Wildman–Crippen LogP) is 4.13. The number of nitrogens with zero attached hydrogens (tertiary/aromatic N) is 4. The largest absolute Gasteiger partial charge is 0.491 e. The van der Waals surface area contributed by atoms with E-state index in [1.165, 1.54) is 5.56 Å². The van der Waals surface area contributed by atoms with E-state index in [0.717, 1.165) is 66.0 Å². The van der Waals surface area contributed by atoms with Crippen molar-refractivity contribution in [3.05, 3.63) is 59.3 Å². The van der Waals surface area contributed by atoms with Gasteiger partial charge in [-0.2, -0.15) is 0 Å². The average molecular weight is 494 g/mol. The highest BCUT2D eigenvalue weighted by Gasteiger charge is 2.30. The van der Waals surface area contributed by atoms with Crippen LogP contribution in [0.15, 0.2) is 36.8 Å². The lowest BCUT2D eigenvalue weighted by Gasteiger charge is -2.33. The van der Waals surface area contributed by atoms with Gasteiger partial charge in [0.25, 0.3) is 0 Å². The second-order valence-corrected chi connectivity index (χ2v) is 12.0. The number of pyridine rings is 1. The van der Waals surface area contributed by atoms with Gasteiger partial charge in [0.2, 0.25) is 10.0 Å². The molecule has 1 aromatic carbocycles. The molecular weight excluding hydrogens is 462 g/mol. The van der Waals surface area contributed by atoms with Gasteiger partial charge in [-0.25, -0.2) is 18.4 Å². The summed E-state index contributed by atoms with van der Waals surface area (Å²) in [5.74, 6) is 1.86. The van der Waals surface area contributed by atoms with Crippen LogP contribution in [0.4, 0.5) is 11.5 Å². The van der Waals surface area contributed by atoms with E-state index in [2.05, 4.69) is 39.5 Å². The van der Waals surface area contributed by atoms with Gasteiger partial charge >= 0.3 is 0 Å². The van der Waals surface area contributed by atoms with Crippen LogP contribution in [0.1, 0.15) is 42.8 Å². The molecule has 0 saturated carbocycles. The highest BCUT2D eigenvalue weighted by atomic mass is 32.2. The molecule has 0 fully saturated rings. The van der Waals surface area contributed by atoms with E-state index >= 15 is 0 Å². The van der Waals surface area contributed by atoms with Crippen molar-refractivity contribution in [1.82, 2.24) is 15.0 Å². The summed E-state index contributed by atoms with van der Waals surface area (Å²) >= 11 is 0. The number of nitrogens with one attached hydrogen (secondary N) is 1. The fourth-order valence-electron chi connectivity index (χ4n) is 4.88.